The van der Waals surface area contributed by atoms with E-state index in [0.717, 1.165) is 42.4 Å². The van der Waals surface area contributed by atoms with Gasteiger partial charge in [-0.05, 0) is 26.0 Å². The van der Waals surface area contributed by atoms with Crippen LogP contribution in [0.1, 0.15) is 29.4 Å². The van der Waals surface area contributed by atoms with Crippen molar-refractivity contribution in [2.45, 2.75) is 36.8 Å². The largest absolute Gasteiger partial charge is 0.396 e. The summed E-state index contributed by atoms with van der Waals surface area (Å²) in [5, 5.41) is 4.13. The molecular weight excluding hydrogens is 306 g/mol. The second-order valence-corrected chi connectivity index (χ2v) is 7.37. The minimum atomic E-state index is -0.0251. The van der Waals surface area contributed by atoms with Crippen molar-refractivity contribution in [3.8, 4) is 0 Å². The van der Waals surface area contributed by atoms with Gasteiger partial charge in [0.2, 0.25) is 0 Å². The second-order valence-electron chi connectivity index (χ2n) is 5.56. The van der Waals surface area contributed by atoms with E-state index in [1.54, 1.807) is 11.8 Å². The first-order valence-corrected chi connectivity index (χ1v) is 9.28. The van der Waals surface area contributed by atoms with Crippen LogP contribution in [-0.4, -0.2) is 44.0 Å². The van der Waals surface area contributed by atoms with Crippen LogP contribution in [0.15, 0.2) is 4.90 Å². The van der Waals surface area contributed by atoms with Gasteiger partial charge in [-0.1, -0.05) is 0 Å². The molecular formula is C14H21N3O2S2. The van der Waals surface area contributed by atoms with E-state index < -0.39 is 0 Å². The van der Waals surface area contributed by atoms with E-state index in [1.165, 1.54) is 11.3 Å². The summed E-state index contributed by atoms with van der Waals surface area (Å²) in [6, 6.07) is 0.351. The van der Waals surface area contributed by atoms with Gasteiger partial charge >= 0.3 is 0 Å². The number of nitrogens with one attached hydrogen (secondary N) is 1. The van der Waals surface area contributed by atoms with E-state index >= 15 is 0 Å². The van der Waals surface area contributed by atoms with Gasteiger partial charge in [0, 0.05) is 19.1 Å². The summed E-state index contributed by atoms with van der Waals surface area (Å²) in [6.07, 6.45) is 4.38. The van der Waals surface area contributed by atoms with Crippen LogP contribution in [0.5, 0.6) is 0 Å². The highest BCUT2D eigenvalue weighted by molar-refractivity contribution is 7.99. The molecule has 0 spiro atoms. The highest BCUT2D eigenvalue weighted by atomic mass is 32.2. The molecule has 1 aromatic rings. The molecule has 116 valence electrons. The lowest BCUT2D eigenvalue weighted by atomic mass is 10.3. The number of carbonyl (C=O) groups is 1. The Morgan fingerprint density at radius 1 is 1.52 bits per heavy atom. The van der Waals surface area contributed by atoms with E-state index in [4.69, 9.17) is 10.5 Å². The number of ether oxygens (including phenoxy) is 1. The summed E-state index contributed by atoms with van der Waals surface area (Å²) in [5.74, 6) is -0.0251. The average Bonchev–Trinajstić information content (AvgIpc) is 3.20. The number of anilines is 2. The molecule has 1 saturated heterocycles. The molecule has 1 saturated carbocycles. The van der Waals surface area contributed by atoms with Crippen LogP contribution in [0.25, 0.3) is 0 Å². The molecule has 2 heterocycles. The van der Waals surface area contributed by atoms with Crippen molar-refractivity contribution in [3.05, 3.63) is 4.88 Å². The predicted octanol–water partition coefficient (Wildman–Crippen LogP) is 2.17. The first-order valence-electron chi connectivity index (χ1n) is 7.23. The first-order chi connectivity index (χ1) is 10.1. The maximum absolute atomic E-state index is 12.3. The Bertz CT molecular complexity index is 543. The maximum atomic E-state index is 12.3. The minimum Gasteiger partial charge on any atom is -0.396 e. The molecule has 0 aromatic carbocycles. The molecule has 1 aliphatic carbocycles. The van der Waals surface area contributed by atoms with E-state index in [9.17, 15) is 4.79 Å². The Hall–Kier alpha value is -0.920. The van der Waals surface area contributed by atoms with E-state index in [-0.39, 0.29) is 12.0 Å². The number of nitrogens with two attached hydrogens (primary N) is 1. The lowest BCUT2D eigenvalue weighted by Gasteiger charge is -2.32. The molecule has 2 fully saturated rings. The Balaban J connectivity index is 1.86. The lowest BCUT2D eigenvalue weighted by Crippen LogP contribution is -2.40. The van der Waals surface area contributed by atoms with Crippen molar-refractivity contribution in [2.75, 3.05) is 36.6 Å². The van der Waals surface area contributed by atoms with Crippen LogP contribution in [0, 0.1) is 0 Å². The quantitative estimate of drug-likeness (QED) is 0.830. The number of thiophene rings is 1. The smallest absolute Gasteiger partial charge is 0.263 e. The summed E-state index contributed by atoms with van der Waals surface area (Å²) < 4.78 is 5.59. The molecule has 1 atom stereocenters. The number of thioether (sulfide) groups is 1. The van der Waals surface area contributed by atoms with Crippen LogP contribution >= 0.6 is 23.1 Å². The van der Waals surface area contributed by atoms with Crippen LogP contribution in [-0.2, 0) is 4.74 Å². The lowest BCUT2D eigenvalue weighted by molar-refractivity contribution is 0.0533. The molecule has 0 radical (unpaired) electrons. The van der Waals surface area contributed by atoms with Crippen molar-refractivity contribution in [1.29, 1.82) is 0 Å². The number of nitrogen functional groups attached to an aromatic ring is 1. The highest BCUT2D eigenvalue weighted by Crippen LogP contribution is 2.44. The molecule has 1 unspecified atom stereocenters. The van der Waals surface area contributed by atoms with Crippen molar-refractivity contribution in [2.24, 2.45) is 0 Å². The Morgan fingerprint density at radius 3 is 2.90 bits per heavy atom. The molecule has 5 nitrogen and oxygen atoms in total. The van der Waals surface area contributed by atoms with Gasteiger partial charge in [0.05, 0.1) is 23.3 Å². The van der Waals surface area contributed by atoms with Crippen molar-refractivity contribution < 1.29 is 9.53 Å². The molecule has 3 rings (SSSR count). The first kappa shape index (κ1) is 15.0. The summed E-state index contributed by atoms with van der Waals surface area (Å²) in [7, 11) is 0. The van der Waals surface area contributed by atoms with E-state index in [2.05, 4.69) is 17.1 Å². The van der Waals surface area contributed by atoms with Gasteiger partial charge in [-0.15, -0.1) is 23.1 Å². The molecule has 1 amide bonds. The zero-order chi connectivity index (χ0) is 15.0. The van der Waals surface area contributed by atoms with Crippen molar-refractivity contribution >= 4 is 39.7 Å². The van der Waals surface area contributed by atoms with Gasteiger partial charge in [0.25, 0.3) is 5.91 Å². The molecule has 21 heavy (non-hydrogen) atoms. The molecule has 1 aromatic heterocycles. The SMILES string of the molecule is CSc1c(N2CCOC(C)C2)sc(C(=O)NC2CC2)c1N. The van der Waals surface area contributed by atoms with Crippen LogP contribution < -0.4 is 16.0 Å². The average molecular weight is 327 g/mol. The standard InChI is InChI=1S/C14H21N3O2S2/c1-8-7-17(5-6-19-8)14-12(20-2)10(15)11(21-14)13(18)16-9-3-4-9/h8-9H,3-7,15H2,1-2H3,(H,16,18). The topological polar surface area (TPSA) is 67.6 Å². The molecule has 1 aliphatic heterocycles. The zero-order valence-corrected chi connectivity index (χ0v) is 14.0. The van der Waals surface area contributed by atoms with Gasteiger partial charge in [-0.3, -0.25) is 4.79 Å². The Morgan fingerprint density at radius 2 is 2.29 bits per heavy atom. The third kappa shape index (κ3) is 3.14. The van der Waals surface area contributed by atoms with Gasteiger partial charge in [0.1, 0.15) is 9.88 Å². The number of rotatable bonds is 4. The number of nitrogens with zero attached hydrogens (tertiary/aromatic N) is 1. The van der Waals surface area contributed by atoms with E-state index in [1.807, 2.05) is 6.26 Å². The third-order valence-corrected chi connectivity index (χ3v) is 5.95. The molecule has 3 N–H and O–H groups in total. The summed E-state index contributed by atoms with van der Waals surface area (Å²) >= 11 is 3.12. The zero-order valence-electron chi connectivity index (χ0n) is 12.3. The number of carbonyl (C=O) groups excluding carboxylic acids is 1. The normalized spacial score (nSPS) is 22.4. The van der Waals surface area contributed by atoms with Crippen LogP contribution in [0.3, 0.4) is 0 Å². The number of hydrogen-bond donors (Lipinski definition) is 2. The molecule has 2 aliphatic rings. The summed E-state index contributed by atoms with van der Waals surface area (Å²) in [4.78, 5) is 16.3. The van der Waals surface area contributed by atoms with E-state index in [0.29, 0.717) is 16.6 Å². The number of amides is 1. The highest BCUT2D eigenvalue weighted by Gasteiger charge is 2.29. The van der Waals surface area contributed by atoms with Crippen LogP contribution in [0.2, 0.25) is 0 Å². The minimum absolute atomic E-state index is 0.0251. The van der Waals surface area contributed by atoms with Gasteiger partial charge < -0.3 is 20.7 Å². The third-order valence-electron chi connectivity index (χ3n) is 3.73. The van der Waals surface area contributed by atoms with Crippen molar-refractivity contribution in [1.82, 2.24) is 5.32 Å². The fraction of sp³-hybridized carbons (Fsp3) is 0.643. The predicted molar refractivity (Wildman–Crippen MR) is 88.6 cm³/mol. The van der Waals surface area contributed by atoms with Gasteiger partial charge in [-0.2, -0.15) is 0 Å². The van der Waals surface area contributed by atoms with Gasteiger partial charge in [0.15, 0.2) is 0 Å². The fourth-order valence-corrected chi connectivity index (χ4v) is 4.59. The maximum Gasteiger partial charge on any atom is 0.263 e. The van der Waals surface area contributed by atoms with Crippen molar-refractivity contribution in [3.63, 3.8) is 0 Å². The monoisotopic (exact) mass is 327 g/mol. The Kier molecular flexibility index (Phi) is 4.33. The Labute approximate surface area is 133 Å². The fourth-order valence-electron chi connectivity index (χ4n) is 2.47. The number of morpholine rings is 1. The number of hydrogen-bond acceptors (Lipinski definition) is 6. The summed E-state index contributed by atoms with van der Waals surface area (Å²) in [6.45, 7) is 4.48. The second kappa shape index (κ2) is 6.06. The van der Waals surface area contributed by atoms with Gasteiger partial charge in [-0.25, -0.2) is 0 Å². The van der Waals surface area contributed by atoms with Crippen LogP contribution in [0.4, 0.5) is 10.7 Å². The summed E-state index contributed by atoms with van der Waals surface area (Å²) in [5.41, 5.74) is 6.85. The molecule has 0 bridgehead atoms. The molecule has 7 heteroatoms.